The fourth-order valence-corrected chi connectivity index (χ4v) is 2.62. The first-order valence-electron chi connectivity index (χ1n) is 6.04. The maximum Gasteiger partial charge on any atom is 0.252 e. The summed E-state index contributed by atoms with van der Waals surface area (Å²) in [6, 6.07) is 4.41. The normalized spacial score (nSPS) is 13.7. The molecule has 1 aromatic heterocycles. The molecule has 1 aliphatic rings. The van der Waals surface area contributed by atoms with E-state index in [1.165, 1.54) is 12.1 Å². The third-order valence-electron chi connectivity index (χ3n) is 3.43. The van der Waals surface area contributed by atoms with E-state index in [1.54, 1.807) is 13.1 Å². The molecule has 4 heteroatoms. The van der Waals surface area contributed by atoms with Crippen molar-refractivity contribution in [1.29, 1.82) is 0 Å². The number of fused-ring (bicyclic) bond motifs is 2. The van der Waals surface area contributed by atoms with Gasteiger partial charge in [-0.2, -0.15) is 0 Å². The number of nitrogens with one attached hydrogen (secondary N) is 1. The number of amides is 1. The number of pyridine rings is 1. The summed E-state index contributed by atoms with van der Waals surface area (Å²) in [7, 11) is 1.59. The predicted molar refractivity (Wildman–Crippen MR) is 67.1 cm³/mol. The lowest BCUT2D eigenvalue weighted by atomic mass is 10.0. The average molecular weight is 244 g/mol. The van der Waals surface area contributed by atoms with Gasteiger partial charge in [0.25, 0.3) is 5.91 Å². The van der Waals surface area contributed by atoms with Gasteiger partial charge in [0.2, 0.25) is 0 Å². The van der Waals surface area contributed by atoms with Crippen LogP contribution in [-0.4, -0.2) is 17.9 Å². The van der Waals surface area contributed by atoms with Gasteiger partial charge in [-0.1, -0.05) is 0 Å². The van der Waals surface area contributed by atoms with Gasteiger partial charge in [-0.25, -0.2) is 4.39 Å². The quantitative estimate of drug-likeness (QED) is 0.835. The van der Waals surface area contributed by atoms with E-state index in [4.69, 9.17) is 0 Å². The first-order chi connectivity index (χ1) is 8.70. The molecule has 3 nitrogen and oxygen atoms in total. The number of nitrogens with zero attached hydrogens (tertiary/aromatic N) is 1. The number of benzene rings is 1. The van der Waals surface area contributed by atoms with Crippen LogP contribution in [0.15, 0.2) is 18.2 Å². The molecule has 0 bridgehead atoms. The van der Waals surface area contributed by atoms with Gasteiger partial charge < -0.3 is 5.32 Å². The van der Waals surface area contributed by atoms with Crippen LogP contribution in [0.3, 0.4) is 0 Å². The van der Waals surface area contributed by atoms with Crippen molar-refractivity contribution in [3.8, 4) is 0 Å². The molecule has 0 saturated carbocycles. The first-order valence-corrected chi connectivity index (χ1v) is 6.04. The summed E-state index contributed by atoms with van der Waals surface area (Å²) >= 11 is 0. The fraction of sp³-hybridized carbons (Fsp3) is 0.286. The minimum atomic E-state index is -0.340. The first kappa shape index (κ1) is 11.1. The van der Waals surface area contributed by atoms with Crippen molar-refractivity contribution in [1.82, 2.24) is 10.3 Å². The Morgan fingerprint density at radius 2 is 2.22 bits per heavy atom. The topological polar surface area (TPSA) is 42.0 Å². The van der Waals surface area contributed by atoms with Gasteiger partial charge in [0, 0.05) is 18.1 Å². The van der Waals surface area contributed by atoms with E-state index in [1.807, 2.05) is 0 Å². The van der Waals surface area contributed by atoms with Crippen molar-refractivity contribution in [2.24, 2.45) is 0 Å². The molecule has 3 rings (SSSR count). The number of aryl methyl sites for hydroxylation is 1. The summed E-state index contributed by atoms with van der Waals surface area (Å²) in [4.78, 5) is 16.6. The van der Waals surface area contributed by atoms with E-state index >= 15 is 0 Å². The Hall–Kier alpha value is -1.97. The van der Waals surface area contributed by atoms with Crippen LogP contribution in [0.5, 0.6) is 0 Å². The van der Waals surface area contributed by atoms with Crippen LogP contribution in [0.25, 0.3) is 10.9 Å². The van der Waals surface area contributed by atoms with E-state index in [-0.39, 0.29) is 11.7 Å². The molecular weight excluding hydrogens is 231 g/mol. The SMILES string of the molecule is CNC(=O)c1c2c(nc3ccc(F)cc13)CCC2. The Kier molecular flexibility index (Phi) is 2.51. The van der Waals surface area contributed by atoms with Crippen LogP contribution in [0, 0.1) is 5.82 Å². The van der Waals surface area contributed by atoms with Crippen LogP contribution in [0.2, 0.25) is 0 Å². The number of rotatable bonds is 1. The van der Waals surface area contributed by atoms with Gasteiger partial charge in [0.15, 0.2) is 0 Å². The third-order valence-corrected chi connectivity index (χ3v) is 3.43. The molecule has 0 fully saturated rings. The van der Waals surface area contributed by atoms with Gasteiger partial charge >= 0.3 is 0 Å². The molecule has 1 amide bonds. The second-order valence-electron chi connectivity index (χ2n) is 4.51. The number of aromatic nitrogens is 1. The lowest BCUT2D eigenvalue weighted by molar-refractivity contribution is 0.0964. The van der Waals surface area contributed by atoms with Crippen LogP contribution in [0.1, 0.15) is 28.0 Å². The zero-order valence-corrected chi connectivity index (χ0v) is 10.1. The van der Waals surface area contributed by atoms with Crippen LogP contribution >= 0.6 is 0 Å². The summed E-state index contributed by atoms with van der Waals surface area (Å²) in [6.45, 7) is 0. The van der Waals surface area contributed by atoms with Crippen molar-refractivity contribution in [3.05, 3.63) is 40.8 Å². The standard InChI is InChI=1S/C14H13FN2O/c1-16-14(18)13-9-3-2-4-11(9)17-12-6-5-8(15)7-10(12)13/h5-7H,2-4H2,1H3,(H,16,18). The molecule has 0 unspecified atom stereocenters. The van der Waals surface area contributed by atoms with E-state index < -0.39 is 0 Å². The molecule has 1 aromatic carbocycles. The highest BCUT2D eigenvalue weighted by molar-refractivity contribution is 6.07. The van der Waals surface area contributed by atoms with Gasteiger partial charge in [0.1, 0.15) is 5.82 Å². The number of hydrogen-bond donors (Lipinski definition) is 1. The highest BCUT2D eigenvalue weighted by Crippen LogP contribution is 2.30. The van der Waals surface area contributed by atoms with Crippen LogP contribution in [-0.2, 0) is 12.8 Å². The number of carbonyl (C=O) groups excluding carboxylic acids is 1. The zero-order valence-electron chi connectivity index (χ0n) is 10.1. The second-order valence-corrected chi connectivity index (χ2v) is 4.51. The van der Waals surface area contributed by atoms with Crippen molar-refractivity contribution >= 4 is 16.8 Å². The zero-order chi connectivity index (χ0) is 12.7. The molecule has 0 aliphatic heterocycles. The Bertz CT molecular complexity index is 652. The summed E-state index contributed by atoms with van der Waals surface area (Å²) < 4.78 is 13.4. The van der Waals surface area contributed by atoms with E-state index in [0.29, 0.717) is 16.5 Å². The van der Waals surface area contributed by atoms with Gasteiger partial charge in [-0.05, 0) is 43.0 Å². The molecule has 0 atom stereocenters. The molecule has 18 heavy (non-hydrogen) atoms. The molecule has 0 spiro atoms. The Morgan fingerprint density at radius 1 is 1.39 bits per heavy atom. The molecule has 1 aliphatic carbocycles. The largest absolute Gasteiger partial charge is 0.355 e. The molecule has 92 valence electrons. The molecular formula is C14H13FN2O. The molecule has 0 radical (unpaired) electrons. The lowest BCUT2D eigenvalue weighted by Crippen LogP contribution is -2.20. The summed E-state index contributed by atoms with van der Waals surface area (Å²) in [5.74, 6) is -0.501. The van der Waals surface area contributed by atoms with Crippen molar-refractivity contribution < 1.29 is 9.18 Å². The van der Waals surface area contributed by atoms with Gasteiger partial charge in [0.05, 0.1) is 11.1 Å². The van der Waals surface area contributed by atoms with Crippen molar-refractivity contribution in [3.63, 3.8) is 0 Å². The van der Waals surface area contributed by atoms with E-state index in [2.05, 4.69) is 10.3 Å². The van der Waals surface area contributed by atoms with Crippen LogP contribution in [0.4, 0.5) is 4.39 Å². The number of carbonyl (C=O) groups is 1. The molecule has 1 N–H and O–H groups in total. The monoisotopic (exact) mass is 244 g/mol. The van der Waals surface area contributed by atoms with E-state index in [9.17, 15) is 9.18 Å². The molecule has 0 saturated heterocycles. The second kappa shape index (κ2) is 4.05. The minimum absolute atomic E-state index is 0.161. The maximum atomic E-state index is 13.4. The third kappa shape index (κ3) is 1.56. The minimum Gasteiger partial charge on any atom is -0.355 e. The summed E-state index contributed by atoms with van der Waals surface area (Å²) in [5.41, 5.74) is 3.24. The number of hydrogen-bond acceptors (Lipinski definition) is 2. The summed E-state index contributed by atoms with van der Waals surface area (Å²) in [6.07, 6.45) is 2.75. The van der Waals surface area contributed by atoms with Crippen LogP contribution < -0.4 is 5.32 Å². The molecule has 1 heterocycles. The number of halogens is 1. The maximum absolute atomic E-state index is 13.4. The molecule has 2 aromatic rings. The fourth-order valence-electron chi connectivity index (χ4n) is 2.62. The smallest absolute Gasteiger partial charge is 0.252 e. The Balaban J connectivity index is 2.40. The lowest BCUT2D eigenvalue weighted by Gasteiger charge is -2.11. The summed E-state index contributed by atoms with van der Waals surface area (Å²) in [5, 5.41) is 3.24. The van der Waals surface area contributed by atoms with E-state index in [0.717, 1.165) is 30.5 Å². The Morgan fingerprint density at radius 3 is 3.00 bits per heavy atom. The van der Waals surface area contributed by atoms with Crippen molar-refractivity contribution in [2.45, 2.75) is 19.3 Å². The highest BCUT2D eigenvalue weighted by Gasteiger charge is 2.23. The Labute approximate surface area is 104 Å². The van der Waals surface area contributed by atoms with Crippen molar-refractivity contribution in [2.75, 3.05) is 7.05 Å². The average Bonchev–Trinajstić information content (AvgIpc) is 2.82. The highest BCUT2D eigenvalue weighted by atomic mass is 19.1. The van der Waals surface area contributed by atoms with Gasteiger partial charge in [-0.15, -0.1) is 0 Å². The predicted octanol–water partition coefficient (Wildman–Crippen LogP) is 2.22. The van der Waals surface area contributed by atoms with Gasteiger partial charge in [-0.3, -0.25) is 9.78 Å².